The van der Waals surface area contributed by atoms with Gasteiger partial charge in [0.25, 0.3) is 0 Å². The quantitative estimate of drug-likeness (QED) is 0.832. The molecule has 0 unspecified atom stereocenters. The van der Waals surface area contributed by atoms with Gasteiger partial charge in [-0.2, -0.15) is 0 Å². The molecule has 150 valence electrons. The summed E-state index contributed by atoms with van der Waals surface area (Å²) in [6, 6.07) is 0.275. The topological polar surface area (TPSA) is 64.3 Å². The van der Waals surface area contributed by atoms with Gasteiger partial charge in [0.1, 0.15) is 0 Å². The van der Waals surface area contributed by atoms with Gasteiger partial charge in [-0.25, -0.2) is 4.98 Å². The molecule has 1 spiro atoms. The monoisotopic (exact) mass is 373 g/mol. The third-order valence-corrected chi connectivity index (χ3v) is 6.95. The largest absolute Gasteiger partial charge is 0.348 e. The van der Waals surface area contributed by atoms with Gasteiger partial charge in [0.2, 0.25) is 5.91 Å². The average Bonchev–Trinajstić information content (AvgIpc) is 3.33. The summed E-state index contributed by atoms with van der Waals surface area (Å²) in [5.74, 6) is 0.310. The highest BCUT2D eigenvalue weighted by Gasteiger charge is 2.46. The first kappa shape index (κ1) is 18.9. The fourth-order valence-corrected chi connectivity index (χ4v) is 5.36. The van der Waals surface area contributed by atoms with Crippen LogP contribution in [0, 0.1) is 0 Å². The number of nitrogens with one attached hydrogen (secondary N) is 2. The lowest BCUT2D eigenvalue weighted by molar-refractivity contribution is -0.138. The number of aromatic nitrogens is 2. The number of hydrogen-bond acceptors (Lipinski definition) is 4. The molecular formula is C21H35N5O. The van der Waals surface area contributed by atoms with E-state index in [1.54, 1.807) is 0 Å². The Kier molecular flexibility index (Phi) is 5.55. The number of unbranched alkanes of at least 4 members (excludes halogenated alkanes) is 1. The van der Waals surface area contributed by atoms with Crippen molar-refractivity contribution in [2.45, 2.75) is 82.3 Å². The van der Waals surface area contributed by atoms with Gasteiger partial charge in [-0.15, -0.1) is 0 Å². The third-order valence-electron chi connectivity index (χ3n) is 6.95. The molecule has 1 aliphatic carbocycles. The summed E-state index contributed by atoms with van der Waals surface area (Å²) in [5.41, 5.74) is 2.26. The Morgan fingerprint density at radius 3 is 2.78 bits per heavy atom. The first-order chi connectivity index (χ1) is 13.1. The first-order valence-electron chi connectivity index (χ1n) is 10.9. The summed E-state index contributed by atoms with van der Waals surface area (Å²) in [6.07, 6.45) is 11.6. The van der Waals surface area contributed by atoms with E-state index in [1.165, 1.54) is 24.2 Å². The van der Waals surface area contributed by atoms with Crippen LogP contribution in [-0.4, -0.2) is 64.4 Å². The lowest BCUT2D eigenvalue weighted by Crippen LogP contribution is -2.60. The van der Waals surface area contributed by atoms with Crippen LogP contribution >= 0.6 is 0 Å². The molecule has 1 amide bonds. The number of piperidine rings is 1. The number of H-pyrrole nitrogens is 1. The van der Waals surface area contributed by atoms with Gasteiger partial charge in [0.05, 0.1) is 23.6 Å². The lowest BCUT2D eigenvalue weighted by atomic mass is 9.84. The van der Waals surface area contributed by atoms with Crippen LogP contribution in [0.25, 0.3) is 0 Å². The second kappa shape index (κ2) is 7.92. The second-order valence-corrected chi connectivity index (χ2v) is 8.84. The van der Waals surface area contributed by atoms with Crippen LogP contribution in [0.15, 0.2) is 6.33 Å². The van der Waals surface area contributed by atoms with Crippen molar-refractivity contribution in [2.75, 3.05) is 26.7 Å². The van der Waals surface area contributed by atoms with Crippen molar-refractivity contribution >= 4 is 5.91 Å². The molecule has 1 atom stereocenters. The molecule has 2 N–H and O–H groups in total. The van der Waals surface area contributed by atoms with Crippen LogP contribution in [0.5, 0.6) is 0 Å². The number of fused-ring (bicyclic) bond motifs is 2. The molecule has 3 heterocycles. The lowest BCUT2D eigenvalue weighted by Gasteiger charge is -2.43. The fourth-order valence-electron chi connectivity index (χ4n) is 5.36. The Bertz CT molecular complexity index is 643. The van der Waals surface area contributed by atoms with E-state index in [0.717, 1.165) is 64.6 Å². The van der Waals surface area contributed by atoms with Crippen LogP contribution in [0.4, 0.5) is 0 Å². The minimum absolute atomic E-state index is 0.0862. The van der Waals surface area contributed by atoms with Gasteiger partial charge < -0.3 is 14.8 Å². The van der Waals surface area contributed by atoms with Gasteiger partial charge in [-0.05, 0) is 52.2 Å². The number of carbonyl (C=O) groups excluding carboxylic acids is 1. The van der Waals surface area contributed by atoms with E-state index in [2.05, 4.69) is 39.1 Å². The predicted molar refractivity (Wildman–Crippen MR) is 107 cm³/mol. The van der Waals surface area contributed by atoms with Crippen LogP contribution in [-0.2, 0) is 16.8 Å². The number of rotatable bonds is 5. The Labute approximate surface area is 163 Å². The normalized spacial score (nSPS) is 25.6. The van der Waals surface area contributed by atoms with Crippen molar-refractivity contribution in [2.24, 2.45) is 0 Å². The molecule has 2 fully saturated rings. The molecule has 0 aromatic carbocycles. The third kappa shape index (κ3) is 3.66. The molecular weight excluding hydrogens is 338 g/mol. The molecule has 1 aromatic heterocycles. The number of nitrogens with zero attached hydrogens (tertiary/aromatic N) is 3. The summed E-state index contributed by atoms with van der Waals surface area (Å²) < 4.78 is 0. The Morgan fingerprint density at radius 1 is 1.33 bits per heavy atom. The predicted octanol–water partition coefficient (Wildman–Crippen LogP) is 2.42. The molecule has 6 nitrogen and oxygen atoms in total. The summed E-state index contributed by atoms with van der Waals surface area (Å²) in [6.45, 7) is 5.28. The van der Waals surface area contributed by atoms with Gasteiger partial charge in [-0.1, -0.05) is 26.2 Å². The maximum Gasteiger partial charge on any atom is 0.240 e. The van der Waals surface area contributed by atoms with Crippen LogP contribution < -0.4 is 5.32 Å². The standard InChI is InChI=1S/C21H35N5O/c1-3-4-11-26(16-7-12-25(2)13-8-16)20(27)18-14-17-19(23-15-22-17)21(24-18)9-5-6-10-21/h15-16,18,24H,3-14H2,1-2H3,(H,22,23)/t18-/m0/s1. The molecule has 27 heavy (non-hydrogen) atoms. The summed E-state index contributed by atoms with van der Waals surface area (Å²) in [4.78, 5) is 26.2. The van der Waals surface area contributed by atoms with E-state index in [9.17, 15) is 4.79 Å². The maximum atomic E-state index is 13.7. The molecule has 1 aromatic rings. The maximum absolute atomic E-state index is 13.7. The highest BCUT2D eigenvalue weighted by molar-refractivity contribution is 5.83. The van der Waals surface area contributed by atoms with Crippen LogP contribution in [0.2, 0.25) is 0 Å². The number of likely N-dealkylation sites (tertiary alicyclic amines) is 1. The van der Waals surface area contributed by atoms with Crippen LogP contribution in [0.1, 0.15) is 69.7 Å². The summed E-state index contributed by atoms with van der Waals surface area (Å²) in [7, 11) is 2.18. The van der Waals surface area contributed by atoms with E-state index in [-0.39, 0.29) is 11.6 Å². The Balaban J connectivity index is 1.54. The first-order valence-corrected chi connectivity index (χ1v) is 10.9. The molecule has 6 heteroatoms. The van der Waals surface area contributed by atoms with Crippen LogP contribution in [0.3, 0.4) is 0 Å². The van der Waals surface area contributed by atoms with Gasteiger partial charge in [0.15, 0.2) is 0 Å². The SMILES string of the molecule is CCCCN(C(=O)[C@@H]1Cc2[nH]cnc2C2(CCCC2)N1)C1CCN(C)CC1. The number of hydrogen-bond donors (Lipinski definition) is 2. The van der Waals surface area contributed by atoms with E-state index >= 15 is 0 Å². The smallest absolute Gasteiger partial charge is 0.240 e. The average molecular weight is 374 g/mol. The summed E-state index contributed by atoms with van der Waals surface area (Å²) in [5, 5.41) is 3.79. The number of carbonyl (C=O) groups is 1. The van der Waals surface area contributed by atoms with Crippen molar-refractivity contribution < 1.29 is 4.79 Å². The van der Waals surface area contributed by atoms with E-state index in [4.69, 9.17) is 0 Å². The number of imidazole rings is 1. The molecule has 0 bridgehead atoms. The molecule has 1 saturated heterocycles. The van der Waals surface area contributed by atoms with Crippen molar-refractivity contribution in [3.05, 3.63) is 17.7 Å². The van der Waals surface area contributed by atoms with Gasteiger partial charge in [0, 0.05) is 24.7 Å². The van der Waals surface area contributed by atoms with E-state index in [1.807, 2.05) is 6.33 Å². The Hall–Kier alpha value is -1.40. The van der Waals surface area contributed by atoms with E-state index in [0.29, 0.717) is 11.9 Å². The van der Waals surface area contributed by atoms with Crippen molar-refractivity contribution in [1.29, 1.82) is 0 Å². The van der Waals surface area contributed by atoms with Crippen molar-refractivity contribution in [3.63, 3.8) is 0 Å². The molecule has 1 saturated carbocycles. The zero-order valence-corrected chi connectivity index (χ0v) is 17.0. The highest BCUT2D eigenvalue weighted by atomic mass is 16.2. The zero-order valence-electron chi connectivity index (χ0n) is 17.0. The van der Waals surface area contributed by atoms with Crippen molar-refractivity contribution in [1.82, 2.24) is 25.1 Å². The molecule has 3 aliphatic rings. The Morgan fingerprint density at radius 2 is 2.07 bits per heavy atom. The van der Waals surface area contributed by atoms with Gasteiger partial charge in [-0.3, -0.25) is 10.1 Å². The minimum atomic E-state index is -0.118. The molecule has 2 aliphatic heterocycles. The second-order valence-electron chi connectivity index (χ2n) is 8.84. The zero-order chi connectivity index (χ0) is 18.9. The molecule has 4 rings (SSSR count). The summed E-state index contributed by atoms with van der Waals surface area (Å²) >= 11 is 0. The van der Waals surface area contributed by atoms with Gasteiger partial charge >= 0.3 is 0 Å². The molecule has 0 radical (unpaired) electrons. The van der Waals surface area contributed by atoms with E-state index < -0.39 is 0 Å². The van der Waals surface area contributed by atoms with Crippen molar-refractivity contribution in [3.8, 4) is 0 Å². The number of amides is 1. The highest BCUT2D eigenvalue weighted by Crippen LogP contribution is 2.42. The minimum Gasteiger partial charge on any atom is -0.348 e. The number of aromatic amines is 1. The fraction of sp³-hybridized carbons (Fsp3) is 0.810.